The number of para-hydroxylation sites is 1. The third-order valence-electron chi connectivity index (χ3n) is 5.31. The number of ketones is 1. The molecule has 0 radical (unpaired) electrons. The number of benzodiazepines with no additional fused rings is 1. The molecule has 1 aromatic heterocycles. The largest absolute Gasteiger partial charge is 0.370 e. The van der Waals surface area contributed by atoms with Crippen LogP contribution in [-0.2, 0) is 9.59 Å². The van der Waals surface area contributed by atoms with E-state index in [1.165, 1.54) is 6.92 Å². The molecule has 34 heavy (non-hydrogen) atoms. The van der Waals surface area contributed by atoms with Crippen LogP contribution in [0, 0.1) is 23.5 Å². The first-order valence-corrected chi connectivity index (χ1v) is 10.3. The van der Waals surface area contributed by atoms with Crippen LogP contribution in [0.4, 0.5) is 28.9 Å². The number of amides is 1. The third-order valence-corrected chi connectivity index (χ3v) is 5.31. The lowest BCUT2D eigenvalue weighted by Crippen LogP contribution is -2.34. The quantitative estimate of drug-likeness (QED) is 0.417. The highest BCUT2D eigenvalue weighted by molar-refractivity contribution is 6.20. The van der Waals surface area contributed by atoms with Crippen LogP contribution in [-0.4, -0.2) is 34.5 Å². The molecule has 174 valence electrons. The number of nitrogens with zero attached hydrogens (tertiary/aromatic N) is 2. The summed E-state index contributed by atoms with van der Waals surface area (Å²) in [7, 11) is 0. The van der Waals surface area contributed by atoms with Gasteiger partial charge in [-0.25, -0.2) is 0 Å². The van der Waals surface area contributed by atoms with Crippen LogP contribution in [0.15, 0.2) is 59.6 Å². The molecule has 2 aromatic carbocycles. The summed E-state index contributed by atoms with van der Waals surface area (Å²) in [6.45, 7) is 1.25. The maximum absolute atomic E-state index is 13.9. The van der Waals surface area contributed by atoms with Gasteiger partial charge in [0.2, 0.25) is 17.5 Å². The number of fused-ring (bicyclic) bond motifs is 1. The molecule has 2 N–H and O–H groups in total. The van der Waals surface area contributed by atoms with Gasteiger partial charge >= 0.3 is 0 Å². The second kappa shape index (κ2) is 9.42. The van der Waals surface area contributed by atoms with E-state index in [0.29, 0.717) is 17.0 Å². The van der Waals surface area contributed by atoms with Crippen molar-refractivity contribution in [3.05, 3.63) is 89.3 Å². The van der Waals surface area contributed by atoms with Crippen molar-refractivity contribution in [2.45, 2.75) is 25.4 Å². The molecule has 3 aromatic rings. The number of aromatic nitrogens is 1. The highest BCUT2D eigenvalue weighted by Crippen LogP contribution is 2.26. The average Bonchev–Trinajstić information content (AvgIpc) is 2.97. The molecular formula is C24H18F4N4O2. The van der Waals surface area contributed by atoms with Gasteiger partial charge in [-0.2, -0.15) is 22.5 Å². The molecule has 2 heterocycles. The van der Waals surface area contributed by atoms with Gasteiger partial charge in [-0.1, -0.05) is 48.5 Å². The van der Waals surface area contributed by atoms with E-state index < -0.39 is 59.4 Å². The zero-order chi connectivity index (χ0) is 24.4. The van der Waals surface area contributed by atoms with Gasteiger partial charge in [-0.3, -0.25) is 14.6 Å². The molecule has 6 nitrogen and oxygen atoms in total. The standard InChI is InChI=1S/C24H18F4N4O2/c1-12(29-21-18(25)22(27)32-23(28)19(21)26)17(33)11-16-24(34)31-15-10-6-5-9-14(15)20(30-16)13-7-3-2-4-8-13/h2-10,12,16H,11H2,1H3,(H,29,32)(H,31,34)/t12-,16?/m0/s1. The predicted octanol–water partition coefficient (Wildman–Crippen LogP) is 4.26. The molecule has 1 amide bonds. The fourth-order valence-electron chi connectivity index (χ4n) is 3.54. The number of benzene rings is 2. The fraction of sp³-hybridized carbons (Fsp3) is 0.167. The lowest BCUT2D eigenvalue weighted by Gasteiger charge is -2.17. The van der Waals surface area contributed by atoms with Crippen LogP contribution >= 0.6 is 0 Å². The SMILES string of the molecule is C[C@H](Nc1c(F)c(F)nc(F)c1F)C(=O)CC1N=C(c2ccccc2)c2ccccc2NC1=O. The minimum Gasteiger partial charge on any atom is -0.370 e. The molecule has 1 aliphatic rings. The Balaban J connectivity index is 1.62. The molecule has 0 spiro atoms. The Morgan fingerprint density at radius 2 is 1.62 bits per heavy atom. The summed E-state index contributed by atoms with van der Waals surface area (Å²) >= 11 is 0. The first kappa shape index (κ1) is 23.1. The Bertz CT molecular complexity index is 1270. The second-order valence-corrected chi connectivity index (χ2v) is 7.63. The lowest BCUT2D eigenvalue weighted by molar-refractivity contribution is -0.124. The predicted molar refractivity (Wildman–Crippen MR) is 118 cm³/mol. The van der Waals surface area contributed by atoms with Crippen LogP contribution in [0.2, 0.25) is 0 Å². The van der Waals surface area contributed by atoms with E-state index in [1.54, 1.807) is 24.3 Å². The fourth-order valence-corrected chi connectivity index (χ4v) is 3.54. The van der Waals surface area contributed by atoms with E-state index in [4.69, 9.17) is 0 Å². The van der Waals surface area contributed by atoms with Crippen molar-refractivity contribution in [3.8, 4) is 0 Å². The Labute approximate surface area is 191 Å². The van der Waals surface area contributed by atoms with E-state index in [1.807, 2.05) is 30.3 Å². The Hall–Kier alpha value is -4.08. The number of rotatable bonds is 6. The van der Waals surface area contributed by atoms with Crippen molar-refractivity contribution < 1.29 is 27.2 Å². The molecule has 1 aliphatic heterocycles. The van der Waals surface area contributed by atoms with Gasteiger partial charge < -0.3 is 10.6 Å². The monoisotopic (exact) mass is 470 g/mol. The summed E-state index contributed by atoms with van der Waals surface area (Å²) in [5, 5.41) is 4.89. The zero-order valence-corrected chi connectivity index (χ0v) is 17.8. The number of pyridine rings is 1. The number of Topliss-reactive ketones (excluding diaryl/α,β-unsaturated/α-hetero) is 1. The topological polar surface area (TPSA) is 83.4 Å². The van der Waals surface area contributed by atoms with E-state index >= 15 is 0 Å². The molecule has 4 rings (SSSR count). The summed E-state index contributed by atoms with van der Waals surface area (Å²) in [6.07, 6.45) is -0.427. The molecule has 0 fully saturated rings. The molecule has 0 bridgehead atoms. The number of carbonyl (C=O) groups is 2. The number of hydrogen-bond donors (Lipinski definition) is 2. The average molecular weight is 470 g/mol. The van der Waals surface area contributed by atoms with E-state index in [-0.39, 0.29) is 0 Å². The van der Waals surface area contributed by atoms with Gasteiger partial charge in [0.15, 0.2) is 5.78 Å². The van der Waals surface area contributed by atoms with Crippen molar-refractivity contribution in [3.63, 3.8) is 0 Å². The Kier molecular flexibility index (Phi) is 6.40. The highest BCUT2D eigenvalue weighted by atomic mass is 19.2. The number of hydrogen-bond acceptors (Lipinski definition) is 5. The first-order chi connectivity index (χ1) is 16.3. The third kappa shape index (κ3) is 4.52. The normalized spacial score (nSPS) is 16.1. The number of halogens is 4. The second-order valence-electron chi connectivity index (χ2n) is 7.63. The summed E-state index contributed by atoms with van der Waals surface area (Å²) in [6, 6.07) is 13.6. The molecule has 10 heteroatoms. The van der Waals surface area contributed by atoms with E-state index in [2.05, 4.69) is 20.6 Å². The van der Waals surface area contributed by atoms with Crippen molar-refractivity contribution >= 4 is 28.8 Å². The summed E-state index contributed by atoms with van der Waals surface area (Å²) in [4.78, 5) is 32.7. The van der Waals surface area contributed by atoms with Crippen molar-refractivity contribution in [2.24, 2.45) is 4.99 Å². The summed E-state index contributed by atoms with van der Waals surface area (Å²) in [5.41, 5.74) is 1.24. The van der Waals surface area contributed by atoms with Gasteiger partial charge in [0.25, 0.3) is 11.9 Å². The van der Waals surface area contributed by atoms with Crippen LogP contribution < -0.4 is 10.6 Å². The number of aliphatic imine (C=N–C) groups is 1. The van der Waals surface area contributed by atoms with Crippen LogP contribution in [0.3, 0.4) is 0 Å². The number of carbonyl (C=O) groups excluding carboxylic acids is 2. The van der Waals surface area contributed by atoms with Crippen molar-refractivity contribution in [1.82, 2.24) is 4.98 Å². The molecule has 2 atom stereocenters. The van der Waals surface area contributed by atoms with Gasteiger partial charge in [0, 0.05) is 17.5 Å². The van der Waals surface area contributed by atoms with Crippen LogP contribution in [0.25, 0.3) is 0 Å². The smallest absolute Gasteiger partial charge is 0.253 e. The summed E-state index contributed by atoms with van der Waals surface area (Å²) < 4.78 is 54.6. The zero-order valence-electron chi connectivity index (χ0n) is 17.8. The van der Waals surface area contributed by atoms with Gasteiger partial charge in [-0.15, -0.1) is 0 Å². The first-order valence-electron chi connectivity index (χ1n) is 10.3. The van der Waals surface area contributed by atoms with E-state index in [0.717, 1.165) is 5.56 Å². The maximum Gasteiger partial charge on any atom is 0.253 e. The van der Waals surface area contributed by atoms with Gasteiger partial charge in [0.05, 0.1) is 17.4 Å². The molecular weight excluding hydrogens is 452 g/mol. The molecule has 0 saturated heterocycles. The van der Waals surface area contributed by atoms with Crippen molar-refractivity contribution in [1.29, 1.82) is 0 Å². The van der Waals surface area contributed by atoms with Gasteiger partial charge in [-0.05, 0) is 13.0 Å². The van der Waals surface area contributed by atoms with Crippen molar-refractivity contribution in [2.75, 3.05) is 10.6 Å². The molecule has 0 aliphatic carbocycles. The van der Waals surface area contributed by atoms with Gasteiger partial charge in [0.1, 0.15) is 11.7 Å². The lowest BCUT2D eigenvalue weighted by atomic mass is 10.0. The Morgan fingerprint density at radius 1 is 1.00 bits per heavy atom. The minimum atomic E-state index is -1.85. The summed E-state index contributed by atoms with van der Waals surface area (Å²) in [5.74, 6) is -8.41. The maximum atomic E-state index is 13.9. The molecule has 0 saturated carbocycles. The minimum absolute atomic E-state index is 0.427. The van der Waals surface area contributed by atoms with Crippen LogP contribution in [0.5, 0.6) is 0 Å². The van der Waals surface area contributed by atoms with Crippen LogP contribution in [0.1, 0.15) is 24.5 Å². The van der Waals surface area contributed by atoms with E-state index in [9.17, 15) is 27.2 Å². The molecule has 1 unspecified atom stereocenters. The highest BCUT2D eigenvalue weighted by Gasteiger charge is 2.30. The number of nitrogens with one attached hydrogen (secondary N) is 2. The number of anilines is 2. The Morgan fingerprint density at radius 3 is 2.29 bits per heavy atom.